The summed E-state index contributed by atoms with van der Waals surface area (Å²) in [7, 11) is 0. The number of hydrogen-bond acceptors (Lipinski definition) is 3. The molecule has 0 radical (unpaired) electrons. The minimum Gasteiger partial charge on any atom is -0.390 e. The van der Waals surface area contributed by atoms with Gasteiger partial charge in [0.25, 0.3) is 0 Å². The fourth-order valence-corrected chi connectivity index (χ4v) is 6.50. The topological polar surface area (TPSA) is 54.4 Å². The number of alkyl halides is 1. The SMILES string of the molecule is C[C@]1(O)CC[C@@H]2[C@H]3CCC4=CC(=O)CC[C@@]4(C)[C@@]3(F)C(=O)C[C@@]21C. The van der Waals surface area contributed by atoms with Crippen LogP contribution in [-0.2, 0) is 9.59 Å². The molecule has 3 saturated carbocycles. The molecule has 0 aliphatic heterocycles. The molecule has 4 aliphatic rings. The second-order valence-electron chi connectivity index (χ2n) is 9.26. The predicted octanol–water partition coefficient (Wildman–Crippen LogP) is 3.54. The van der Waals surface area contributed by atoms with E-state index in [1.54, 1.807) is 13.0 Å². The quantitative estimate of drug-likeness (QED) is 0.737. The molecule has 1 N–H and O–H groups in total. The van der Waals surface area contributed by atoms with Crippen molar-refractivity contribution in [3.8, 4) is 0 Å². The number of rotatable bonds is 0. The largest absolute Gasteiger partial charge is 0.390 e. The van der Waals surface area contributed by atoms with Gasteiger partial charge < -0.3 is 5.11 Å². The second kappa shape index (κ2) is 4.57. The van der Waals surface area contributed by atoms with E-state index in [4.69, 9.17) is 0 Å². The van der Waals surface area contributed by atoms with Crippen molar-refractivity contribution in [2.45, 2.75) is 77.0 Å². The lowest BCUT2D eigenvalue weighted by molar-refractivity contribution is -0.184. The maximum Gasteiger partial charge on any atom is 0.180 e. The first-order valence-corrected chi connectivity index (χ1v) is 9.25. The van der Waals surface area contributed by atoms with Crippen molar-refractivity contribution in [1.82, 2.24) is 0 Å². The van der Waals surface area contributed by atoms with Crippen molar-refractivity contribution in [1.29, 1.82) is 0 Å². The van der Waals surface area contributed by atoms with E-state index in [1.165, 1.54) is 0 Å². The summed E-state index contributed by atoms with van der Waals surface area (Å²) in [4.78, 5) is 24.9. The molecule has 3 nitrogen and oxygen atoms in total. The highest BCUT2D eigenvalue weighted by Crippen LogP contribution is 2.68. The third-order valence-electron chi connectivity index (χ3n) is 8.36. The van der Waals surface area contributed by atoms with Crippen LogP contribution in [0.25, 0.3) is 0 Å². The van der Waals surface area contributed by atoms with Crippen LogP contribution in [0.3, 0.4) is 0 Å². The molecule has 0 amide bonds. The van der Waals surface area contributed by atoms with Crippen LogP contribution in [0, 0.1) is 22.7 Å². The van der Waals surface area contributed by atoms with Gasteiger partial charge in [0.1, 0.15) is 0 Å². The number of halogens is 1. The smallest absolute Gasteiger partial charge is 0.180 e. The van der Waals surface area contributed by atoms with Gasteiger partial charge in [-0.25, -0.2) is 4.39 Å². The van der Waals surface area contributed by atoms with E-state index < -0.39 is 22.1 Å². The highest BCUT2D eigenvalue weighted by atomic mass is 19.1. The van der Waals surface area contributed by atoms with E-state index in [1.807, 2.05) is 13.8 Å². The maximum atomic E-state index is 16.5. The molecule has 4 rings (SSSR count). The standard InChI is InChI=1S/C20H27FO3/c1-17-8-6-13(22)10-12(17)4-5-15-14-7-9-19(3,24)18(14,2)11-16(23)20(15,17)21/h10,14-15,24H,4-9,11H2,1-3H3/t14-,15-,17-,18+,19+,20+/m1/s1. The van der Waals surface area contributed by atoms with Gasteiger partial charge in [0.2, 0.25) is 0 Å². The molecular formula is C20H27FO3. The summed E-state index contributed by atoms with van der Waals surface area (Å²) in [6.45, 7) is 5.63. The Morgan fingerprint density at radius 3 is 2.50 bits per heavy atom. The van der Waals surface area contributed by atoms with Crippen LogP contribution in [0.5, 0.6) is 0 Å². The van der Waals surface area contributed by atoms with Crippen LogP contribution >= 0.6 is 0 Å². The van der Waals surface area contributed by atoms with E-state index in [9.17, 15) is 14.7 Å². The minimum absolute atomic E-state index is 0.0335. The van der Waals surface area contributed by atoms with Crippen molar-refractivity contribution >= 4 is 11.6 Å². The third-order valence-corrected chi connectivity index (χ3v) is 8.36. The van der Waals surface area contributed by atoms with E-state index in [-0.39, 0.29) is 29.8 Å². The summed E-state index contributed by atoms with van der Waals surface area (Å²) in [6.07, 6.45) is 5.17. The monoisotopic (exact) mass is 334 g/mol. The summed E-state index contributed by atoms with van der Waals surface area (Å²) in [5, 5.41) is 10.8. The molecular weight excluding hydrogens is 307 g/mol. The van der Waals surface area contributed by atoms with Gasteiger partial charge in [-0.05, 0) is 51.0 Å². The van der Waals surface area contributed by atoms with Crippen molar-refractivity contribution in [2.24, 2.45) is 22.7 Å². The van der Waals surface area contributed by atoms with Gasteiger partial charge in [0, 0.05) is 29.6 Å². The highest BCUT2D eigenvalue weighted by Gasteiger charge is 2.72. The zero-order valence-corrected chi connectivity index (χ0v) is 14.8. The zero-order valence-electron chi connectivity index (χ0n) is 14.8. The molecule has 0 aromatic rings. The molecule has 0 aromatic carbocycles. The summed E-state index contributed by atoms with van der Waals surface area (Å²) in [5.74, 6) is -0.600. The molecule has 0 heterocycles. The normalized spacial score (nSPS) is 54.0. The Bertz CT molecular complexity index is 666. The summed E-state index contributed by atoms with van der Waals surface area (Å²) >= 11 is 0. The van der Waals surface area contributed by atoms with Crippen LogP contribution in [0.4, 0.5) is 4.39 Å². The summed E-state index contributed by atoms with van der Waals surface area (Å²) < 4.78 is 16.5. The second-order valence-corrected chi connectivity index (χ2v) is 9.26. The lowest BCUT2D eigenvalue weighted by Gasteiger charge is -2.60. The number of carbonyl (C=O) groups is 2. The van der Waals surface area contributed by atoms with Gasteiger partial charge in [-0.2, -0.15) is 0 Å². The van der Waals surface area contributed by atoms with E-state index >= 15 is 4.39 Å². The third kappa shape index (κ3) is 1.66. The number of aliphatic hydroxyl groups is 1. The Labute approximate surface area is 142 Å². The number of hydrogen-bond donors (Lipinski definition) is 1. The van der Waals surface area contributed by atoms with Gasteiger partial charge in [0.15, 0.2) is 17.2 Å². The fraction of sp³-hybridized carbons (Fsp3) is 0.800. The maximum absolute atomic E-state index is 16.5. The summed E-state index contributed by atoms with van der Waals surface area (Å²) in [6, 6.07) is 0. The molecule has 24 heavy (non-hydrogen) atoms. The van der Waals surface area contributed by atoms with Crippen molar-refractivity contribution < 1.29 is 19.1 Å². The number of allylic oxidation sites excluding steroid dienone is 1. The van der Waals surface area contributed by atoms with E-state index in [0.29, 0.717) is 32.1 Å². The zero-order chi connectivity index (χ0) is 17.5. The van der Waals surface area contributed by atoms with Crippen LogP contribution in [0.2, 0.25) is 0 Å². The van der Waals surface area contributed by atoms with Gasteiger partial charge in [-0.3, -0.25) is 9.59 Å². The van der Waals surface area contributed by atoms with Crippen molar-refractivity contribution in [3.05, 3.63) is 11.6 Å². The lowest BCUT2D eigenvalue weighted by Crippen LogP contribution is -2.66. The first-order valence-electron chi connectivity index (χ1n) is 9.25. The van der Waals surface area contributed by atoms with Crippen molar-refractivity contribution in [2.75, 3.05) is 0 Å². The molecule has 0 spiro atoms. The minimum atomic E-state index is -1.89. The van der Waals surface area contributed by atoms with Crippen LogP contribution in [0.15, 0.2) is 11.6 Å². The number of Topliss-reactive ketones (excluding diaryl/α,β-unsaturated/α-hetero) is 1. The van der Waals surface area contributed by atoms with Gasteiger partial charge >= 0.3 is 0 Å². The van der Waals surface area contributed by atoms with Gasteiger partial charge in [-0.15, -0.1) is 0 Å². The molecule has 4 aliphatic carbocycles. The molecule has 3 fully saturated rings. The Hall–Kier alpha value is -1.03. The van der Waals surface area contributed by atoms with Crippen molar-refractivity contribution in [3.63, 3.8) is 0 Å². The number of fused-ring (bicyclic) bond motifs is 5. The molecule has 0 saturated heterocycles. The Morgan fingerprint density at radius 1 is 1.08 bits per heavy atom. The van der Waals surface area contributed by atoms with E-state index in [2.05, 4.69) is 0 Å². The number of carbonyl (C=O) groups excluding carboxylic acids is 2. The molecule has 0 bridgehead atoms. The molecule has 0 unspecified atom stereocenters. The highest BCUT2D eigenvalue weighted by molar-refractivity contribution is 5.95. The first kappa shape index (κ1) is 16.4. The Kier molecular flexibility index (Phi) is 3.13. The Balaban J connectivity index is 1.84. The van der Waals surface area contributed by atoms with E-state index in [0.717, 1.165) is 12.0 Å². The summed E-state index contributed by atoms with van der Waals surface area (Å²) in [5.41, 5.74) is -3.35. The van der Waals surface area contributed by atoms with Crippen LogP contribution < -0.4 is 0 Å². The molecule has 6 atom stereocenters. The fourth-order valence-electron chi connectivity index (χ4n) is 6.50. The van der Waals surface area contributed by atoms with Gasteiger partial charge in [-0.1, -0.05) is 19.4 Å². The Morgan fingerprint density at radius 2 is 1.79 bits per heavy atom. The van der Waals surface area contributed by atoms with Crippen LogP contribution in [0.1, 0.15) is 65.7 Å². The molecule has 4 heteroatoms. The molecule has 0 aromatic heterocycles. The molecule has 132 valence electrons. The average Bonchev–Trinajstić information content (AvgIpc) is 2.72. The van der Waals surface area contributed by atoms with Crippen LogP contribution in [-0.4, -0.2) is 27.9 Å². The first-order chi connectivity index (χ1) is 11.1. The lowest BCUT2D eigenvalue weighted by atomic mass is 9.44. The van der Waals surface area contributed by atoms with Gasteiger partial charge in [0.05, 0.1) is 5.60 Å². The average molecular weight is 334 g/mol. The number of ketones is 2. The predicted molar refractivity (Wildman–Crippen MR) is 88.1 cm³/mol.